The number of pyridine rings is 1. The highest BCUT2D eigenvalue weighted by Crippen LogP contribution is 2.11. The highest BCUT2D eigenvalue weighted by Gasteiger charge is 2.03. The average Bonchev–Trinajstić information content (AvgIpc) is 2.35. The van der Waals surface area contributed by atoms with Crippen LogP contribution in [-0.4, -0.2) is 16.0 Å². The van der Waals surface area contributed by atoms with Gasteiger partial charge in [0.1, 0.15) is 10.8 Å². The summed E-state index contributed by atoms with van der Waals surface area (Å²) in [6.45, 7) is 4.42. The van der Waals surface area contributed by atoms with E-state index in [-0.39, 0.29) is 0 Å². The standard InChI is InChI=1S/C14H23N3S/c1-3-4-5-6-7-11(2)17-13-9-8-12(10-16-13)14(15)18/h8-11H,3-7H2,1-2H3,(H2,15,18)(H,16,17). The van der Waals surface area contributed by atoms with Crippen LogP contribution < -0.4 is 11.1 Å². The molecular formula is C14H23N3S. The number of aromatic nitrogens is 1. The zero-order valence-corrected chi connectivity index (χ0v) is 12.1. The van der Waals surface area contributed by atoms with Crippen LogP contribution >= 0.6 is 12.2 Å². The normalized spacial score (nSPS) is 12.1. The van der Waals surface area contributed by atoms with Crippen molar-refractivity contribution in [3.63, 3.8) is 0 Å². The maximum Gasteiger partial charge on any atom is 0.126 e. The Kier molecular flexibility index (Phi) is 6.65. The highest BCUT2D eigenvalue weighted by atomic mass is 32.1. The van der Waals surface area contributed by atoms with Gasteiger partial charge < -0.3 is 11.1 Å². The number of nitrogens with two attached hydrogens (primary N) is 1. The zero-order valence-electron chi connectivity index (χ0n) is 11.3. The van der Waals surface area contributed by atoms with Crippen LogP contribution in [0, 0.1) is 0 Å². The van der Waals surface area contributed by atoms with Crippen molar-refractivity contribution in [1.82, 2.24) is 4.98 Å². The third-order valence-electron chi connectivity index (χ3n) is 2.93. The SMILES string of the molecule is CCCCCCC(C)Nc1ccc(C(N)=S)cn1. The van der Waals surface area contributed by atoms with Crippen molar-refractivity contribution in [2.24, 2.45) is 5.73 Å². The fraction of sp³-hybridized carbons (Fsp3) is 0.571. The third-order valence-corrected chi connectivity index (χ3v) is 3.17. The van der Waals surface area contributed by atoms with E-state index in [1.165, 1.54) is 32.1 Å². The Morgan fingerprint density at radius 3 is 2.72 bits per heavy atom. The second-order valence-corrected chi connectivity index (χ2v) is 5.13. The number of nitrogens with zero attached hydrogens (tertiary/aromatic N) is 1. The number of thiocarbonyl (C=S) groups is 1. The van der Waals surface area contributed by atoms with Crippen molar-refractivity contribution in [2.45, 2.75) is 52.0 Å². The lowest BCUT2D eigenvalue weighted by atomic mass is 10.1. The van der Waals surface area contributed by atoms with Crippen LogP contribution in [0.4, 0.5) is 5.82 Å². The predicted octanol–water partition coefficient (Wildman–Crippen LogP) is 3.49. The predicted molar refractivity (Wildman–Crippen MR) is 82.0 cm³/mol. The summed E-state index contributed by atoms with van der Waals surface area (Å²) in [6.07, 6.45) is 8.09. The molecule has 0 aromatic carbocycles. The fourth-order valence-electron chi connectivity index (χ4n) is 1.83. The molecule has 0 spiro atoms. The molecule has 1 aromatic heterocycles. The van der Waals surface area contributed by atoms with Gasteiger partial charge in [-0.25, -0.2) is 4.98 Å². The first-order valence-electron chi connectivity index (χ1n) is 6.66. The van der Waals surface area contributed by atoms with Crippen LogP contribution in [0.25, 0.3) is 0 Å². The van der Waals surface area contributed by atoms with Gasteiger partial charge in [0, 0.05) is 17.8 Å². The molecule has 1 atom stereocenters. The van der Waals surface area contributed by atoms with E-state index < -0.39 is 0 Å². The molecule has 0 aliphatic heterocycles. The number of anilines is 1. The van der Waals surface area contributed by atoms with Crippen LogP contribution in [0.5, 0.6) is 0 Å². The molecule has 0 bridgehead atoms. The molecule has 1 rings (SSSR count). The van der Waals surface area contributed by atoms with E-state index in [9.17, 15) is 0 Å². The van der Waals surface area contributed by atoms with E-state index in [2.05, 4.69) is 24.1 Å². The van der Waals surface area contributed by atoms with E-state index in [0.717, 1.165) is 11.4 Å². The van der Waals surface area contributed by atoms with Crippen LogP contribution in [0.3, 0.4) is 0 Å². The summed E-state index contributed by atoms with van der Waals surface area (Å²) in [5.74, 6) is 0.887. The first-order valence-corrected chi connectivity index (χ1v) is 7.06. The molecule has 0 saturated heterocycles. The molecule has 1 aromatic rings. The molecule has 0 aliphatic rings. The first kappa shape index (κ1) is 14.9. The van der Waals surface area contributed by atoms with Gasteiger partial charge in [-0.1, -0.05) is 44.8 Å². The molecule has 1 heterocycles. The van der Waals surface area contributed by atoms with Crippen LogP contribution in [0.15, 0.2) is 18.3 Å². The van der Waals surface area contributed by atoms with Gasteiger partial charge in [-0.05, 0) is 25.5 Å². The Bertz CT molecular complexity index is 362. The molecule has 0 saturated carbocycles. The van der Waals surface area contributed by atoms with Gasteiger partial charge in [-0.3, -0.25) is 0 Å². The summed E-state index contributed by atoms with van der Waals surface area (Å²) in [6, 6.07) is 4.28. The maximum absolute atomic E-state index is 5.53. The highest BCUT2D eigenvalue weighted by molar-refractivity contribution is 7.80. The number of rotatable bonds is 8. The molecule has 1 unspecified atom stereocenters. The third kappa shape index (κ3) is 5.45. The lowest BCUT2D eigenvalue weighted by Crippen LogP contribution is -2.16. The van der Waals surface area contributed by atoms with Gasteiger partial charge in [0.05, 0.1) is 0 Å². The number of hydrogen-bond donors (Lipinski definition) is 2. The summed E-state index contributed by atoms with van der Waals surface area (Å²) in [4.78, 5) is 4.70. The topological polar surface area (TPSA) is 50.9 Å². The van der Waals surface area contributed by atoms with E-state index >= 15 is 0 Å². The Morgan fingerprint density at radius 1 is 1.39 bits per heavy atom. The average molecular weight is 265 g/mol. The molecule has 0 amide bonds. The van der Waals surface area contributed by atoms with Crippen LogP contribution in [-0.2, 0) is 0 Å². The second-order valence-electron chi connectivity index (χ2n) is 4.69. The van der Waals surface area contributed by atoms with E-state index in [0.29, 0.717) is 11.0 Å². The Morgan fingerprint density at radius 2 is 2.17 bits per heavy atom. The van der Waals surface area contributed by atoms with Gasteiger partial charge in [-0.2, -0.15) is 0 Å². The van der Waals surface area contributed by atoms with Gasteiger partial charge in [0.15, 0.2) is 0 Å². The molecule has 0 aliphatic carbocycles. The minimum absolute atomic E-state index is 0.390. The molecule has 100 valence electrons. The minimum atomic E-state index is 0.390. The monoisotopic (exact) mass is 265 g/mol. The number of hydrogen-bond acceptors (Lipinski definition) is 3. The minimum Gasteiger partial charge on any atom is -0.389 e. The van der Waals surface area contributed by atoms with Crippen molar-refractivity contribution >= 4 is 23.0 Å². The van der Waals surface area contributed by atoms with Crippen LogP contribution in [0.2, 0.25) is 0 Å². The van der Waals surface area contributed by atoms with Crippen molar-refractivity contribution in [1.29, 1.82) is 0 Å². The fourth-order valence-corrected chi connectivity index (χ4v) is 1.95. The summed E-state index contributed by atoms with van der Waals surface area (Å²) in [5, 5.41) is 3.39. The Hall–Kier alpha value is -1.16. The molecule has 0 radical (unpaired) electrons. The zero-order chi connectivity index (χ0) is 13.4. The van der Waals surface area contributed by atoms with Gasteiger partial charge in [0.25, 0.3) is 0 Å². The van der Waals surface area contributed by atoms with E-state index in [1.54, 1.807) is 6.20 Å². The molecule has 4 heteroatoms. The number of nitrogens with one attached hydrogen (secondary N) is 1. The molecular weight excluding hydrogens is 242 g/mol. The quantitative estimate of drug-likeness (QED) is 0.558. The first-order chi connectivity index (χ1) is 8.63. The lowest BCUT2D eigenvalue weighted by molar-refractivity contribution is 0.593. The van der Waals surface area contributed by atoms with Gasteiger partial charge in [0.2, 0.25) is 0 Å². The molecule has 18 heavy (non-hydrogen) atoms. The largest absolute Gasteiger partial charge is 0.389 e. The number of unbranched alkanes of at least 4 members (excludes halogenated alkanes) is 3. The van der Waals surface area contributed by atoms with E-state index in [4.69, 9.17) is 18.0 Å². The second kappa shape index (κ2) is 8.03. The Balaban J connectivity index is 2.35. The summed E-state index contributed by atoms with van der Waals surface area (Å²) >= 11 is 4.89. The summed E-state index contributed by atoms with van der Waals surface area (Å²) in [7, 11) is 0. The summed E-state index contributed by atoms with van der Waals surface area (Å²) in [5.41, 5.74) is 6.34. The van der Waals surface area contributed by atoms with Crippen molar-refractivity contribution in [3.8, 4) is 0 Å². The summed E-state index contributed by atoms with van der Waals surface area (Å²) < 4.78 is 0. The molecule has 0 fully saturated rings. The van der Waals surface area contributed by atoms with Gasteiger partial charge in [-0.15, -0.1) is 0 Å². The lowest BCUT2D eigenvalue weighted by Gasteiger charge is -2.14. The van der Waals surface area contributed by atoms with Crippen molar-refractivity contribution in [2.75, 3.05) is 5.32 Å². The molecule has 3 N–H and O–H groups in total. The Labute approximate surface area is 115 Å². The van der Waals surface area contributed by atoms with Gasteiger partial charge >= 0.3 is 0 Å². The smallest absolute Gasteiger partial charge is 0.126 e. The van der Waals surface area contributed by atoms with Crippen molar-refractivity contribution < 1.29 is 0 Å². The van der Waals surface area contributed by atoms with Crippen molar-refractivity contribution in [3.05, 3.63) is 23.9 Å². The molecule has 3 nitrogen and oxygen atoms in total. The van der Waals surface area contributed by atoms with E-state index in [1.807, 2.05) is 12.1 Å². The maximum atomic E-state index is 5.53. The van der Waals surface area contributed by atoms with Crippen LogP contribution in [0.1, 0.15) is 51.5 Å².